The van der Waals surface area contributed by atoms with E-state index in [0.29, 0.717) is 30.5 Å². The van der Waals surface area contributed by atoms with Crippen molar-refractivity contribution in [1.29, 1.82) is 0 Å². The fourth-order valence-electron chi connectivity index (χ4n) is 9.33. The molecule has 8 nitrogen and oxygen atoms in total. The van der Waals surface area contributed by atoms with Crippen molar-refractivity contribution in [3.05, 3.63) is 67.6 Å². The summed E-state index contributed by atoms with van der Waals surface area (Å²) in [5.41, 5.74) is 1.04. The van der Waals surface area contributed by atoms with Crippen molar-refractivity contribution in [3.8, 4) is 0 Å². The number of benzene rings is 5. The van der Waals surface area contributed by atoms with Gasteiger partial charge in [-0.1, -0.05) is 149 Å². The summed E-state index contributed by atoms with van der Waals surface area (Å²) in [6.45, 7) is 16.3. The minimum atomic E-state index is -0.525. The van der Waals surface area contributed by atoms with Crippen LogP contribution in [0.1, 0.15) is 225 Å². The van der Waals surface area contributed by atoms with Gasteiger partial charge in [-0.25, -0.2) is 19.2 Å². The van der Waals surface area contributed by atoms with E-state index in [-0.39, 0.29) is 46.7 Å². The third-order valence-corrected chi connectivity index (χ3v) is 14.2. The zero-order valence-electron chi connectivity index (χ0n) is 40.9. The van der Waals surface area contributed by atoms with Gasteiger partial charge in [0.1, 0.15) is 0 Å². The van der Waals surface area contributed by atoms with Crippen LogP contribution < -0.4 is 0 Å². The highest BCUT2D eigenvalue weighted by Crippen LogP contribution is 2.49. The minimum Gasteiger partial charge on any atom is -0.459 e. The predicted octanol–water partition coefficient (Wildman–Crippen LogP) is 17.3. The summed E-state index contributed by atoms with van der Waals surface area (Å²) < 4.78 is 25.8. The van der Waals surface area contributed by atoms with Crippen LogP contribution in [0.3, 0.4) is 0 Å². The monoisotopic (exact) mass is 1030 g/mol. The van der Waals surface area contributed by atoms with E-state index in [1.165, 1.54) is 0 Å². The molecule has 0 aromatic heterocycles. The standard InChI is InChI=1S/C56H74Br2O8/c1-9-13-17-21-25-35(5)63-53(59)41-31-29-39-50-46(58)34-44(56(62)66-38(8)28-24-20-16-12-4)48-42(54(60)64-36(6)26-22-18-14-10-2)32-30-40(52(48)50)49-45(57)33-43(47(41)51(39)49)55(61)65-37(7)27-23-19-15-11-3/h29-38H,9-28H2,1-8H3. The third-order valence-electron chi connectivity index (χ3n) is 13.0. The van der Waals surface area contributed by atoms with E-state index in [2.05, 4.69) is 59.6 Å². The van der Waals surface area contributed by atoms with E-state index in [9.17, 15) is 19.2 Å². The van der Waals surface area contributed by atoms with Crippen molar-refractivity contribution >= 4 is 98.8 Å². The summed E-state index contributed by atoms with van der Waals surface area (Å²) in [7, 11) is 0. The van der Waals surface area contributed by atoms with Crippen LogP contribution in [0.25, 0.3) is 43.1 Å². The predicted molar refractivity (Wildman–Crippen MR) is 278 cm³/mol. The number of hydrogen-bond acceptors (Lipinski definition) is 8. The zero-order chi connectivity index (χ0) is 47.9. The molecule has 0 aliphatic rings. The van der Waals surface area contributed by atoms with Gasteiger partial charge in [0.2, 0.25) is 0 Å². The fraction of sp³-hybridized carbons (Fsp3) is 0.571. The number of rotatable bonds is 28. The zero-order valence-corrected chi connectivity index (χ0v) is 44.1. The Labute approximate surface area is 410 Å². The molecule has 0 saturated carbocycles. The molecule has 0 saturated heterocycles. The highest BCUT2D eigenvalue weighted by molar-refractivity contribution is 9.11. The molecule has 0 bridgehead atoms. The molecule has 0 heterocycles. The molecule has 10 heteroatoms. The van der Waals surface area contributed by atoms with Gasteiger partial charge in [-0.2, -0.15) is 0 Å². The Morgan fingerprint density at radius 1 is 0.379 bits per heavy atom. The smallest absolute Gasteiger partial charge is 0.339 e. The molecule has 0 amide bonds. The Kier molecular flexibility index (Phi) is 21.1. The Morgan fingerprint density at radius 3 is 0.924 bits per heavy atom. The molecule has 5 aromatic carbocycles. The highest BCUT2D eigenvalue weighted by atomic mass is 79.9. The molecule has 0 spiro atoms. The first-order valence-corrected chi connectivity index (χ1v) is 26.8. The third kappa shape index (κ3) is 13.3. The number of fused-ring (bicyclic) bond motifs is 2. The summed E-state index contributed by atoms with van der Waals surface area (Å²) in [6.07, 6.45) is 18.6. The lowest BCUT2D eigenvalue weighted by molar-refractivity contribution is 0.0303. The van der Waals surface area contributed by atoms with Crippen molar-refractivity contribution in [3.63, 3.8) is 0 Å². The van der Waals surface area contributed by atoms with E-state index in [0.717, 1.165) is 150 Å². The van der Waals surface area contributed by atoms with Crippen molar-refractivity contribution in [2.45, 2.75) is 208 Å². The van der Waals surface area contributed by atoms with Crippen molar-refractivity contribution in [2.75, 3.05) is 0 Å². The van der Waals surface area contributed by atoms with Crippen molar-refractivity contribution in [1.82, 2.24) is 0 Å². The Bertz CT molecular complexity index is 2250. The van der Waals surface area contributed by atoms with Gasteiger partial charge in [0.25, 0.3) is 0 Å². The molecular weight excluding hydrogens is 960 g/mol. The summed E-state index contributed by atoms with van der Waals surface area (Å²) in [5, 5.41) is 5.07. The molecule has 5 aromatic rings. The van der Waals surface area contributed by atoms with Crippen LogP contribution in [-0.4, -0.2) is 48.3 Å². The number of unbranched alkanes of at least 4 members (excludes halogenated alkanes) is 12. The summed E-state index contributed by atoms with van der Waals surface area (Å²) in [6, 6.07) is 10.7. The van der Waals surface area contributed by atoms with Crippen LogP contribution in [0.2, 0.25) is 0 Å². The number of ether oxygens (including phenoxy) is 4. The topological polar surface area (TPSA) is 105 Å². The van der Waals surface area contributed by atoms with Gasteiger partial charge in [0, 0.05) is 41.3 Å². The molecule has 0 aliphatic heterocycles. The maximum absolute atomic E-state index is 14.4. The van der Waals surface area contributed by atoms with Crippen LogP contribution in [0.15, 0.2) is 45.3 Å². The van der Waals surface area contributed by atoms with E-state index in [1.807, 2.05) is 39.8 Å². The summed E-state index contributed by atoms with van der Waals surface area (Å²) in [5.74, 6) is -2.08. The molecule has 0 aliphatic carbocycles. The second kappa shape index (κ2) is 26.1. The van der Waals surface area contributed by atoms with Crippen LogP contribution in [0.4, 0.5) is 0 Å². The quantitative estimate of drug-likeness (QED) is 0.0160. The first-order chi connectivity index (χ1) is 31.8. The Balaban J connectivity index is 1.76. The van der Waals surface area contributed by atoms with E-state index in [1.54, 1.807) is 24.3 Å². The molecule has 0 radical (unpaired) electrons. The van der Waals surface area contributed by atoms with E-state index < -0.39 is 23.9 Å². The first-order valence-electron chi connectivity index (χ1n) is 25.2. The van der Waals surface area contributed by atoms with Crippen molar-refractivity contribution < 1.29 is 38.1 Å². The number of carbonyl (C=O) groups is 4. The average Bonchev–Trinajstić information content (AvgIpc) is 3.28. The van der Waals surface area contributed by atoms with Gasteiger partial charge >= 0.3 is 23.9 Å². The maximum atomic E-state index is 14.4. The Morgan fingerprint density at radius 2 is 0.652 bits per heavy atom. The van der Waals surface area contributed by atoms with Gasteiger partial charge in [-0.15, -0.1) is 0 Å². The number of esters is 4. The van der Waals surface area contributed by atoms with Crippen LogP contribution in [-0.2, 0) is 18.9 Å². The molecule has 4 unspecified atom stereocenters. The second-order valence-electron chi connectivity index (χ2n) is 18.6. The SMILES string of the molecule is CCCCCCC(C)OC(=O)c1ccc2c3c(Br)cc(C(=O)OC(C)CCCCCC)c4c(C(=O)OC(C)CCCCCC)ccc(c5c(Br)cc(C(=O)OC(C)CCCCCC)c1c25)c43. The molecule has 360 valence electrons. The summed E-state index contributed by atoms with van der Waals surface area (Å²) in [4.78, 5) is 57.7. The van der Waals surface area contributed by atoms with Gasteiger partial charge in [0.15, 0.2) is 0 Å². The lowest BCUT2D eigenvalue weighted by Gasteiger charge is -2.23. The molecular formula is C56H74Br2O8. The fourth-order valence-corrected chi connectivity index (χ4v) is 10.6. The first kappa shape index (κ1) is 53.2. The Hall–Kier alpha value is -3.76. The molecule has 0 N–H and O–H groups in total. The number of carbonyl (C=O) groups excluding carboxylic acids is 4. The minimum absolute atomic E-state index is 0.252. The number of hydrogen-bond donors (Lipinski definition) is 0. The van der Waals surface area contributed by atoms with Crippen LogP contribution >= 0.6 is 31.9 Å². The second-order valence-corrected chi connectivity index (χ2v) is 20.4. The molecule has 5 rings (SSSR count). The van der Waals surface area contributed by atoms with E-state index in [4.69, 9.17) is 18.9 Å². The van der Waals surface area contributed by atoms with Gasteiger partial charge in [-0.05, 0) is 114 Å². The van der Waals surface area contributed by atoms with Gasteiger partial charge in [-0.3, -0.25) is 0 Å². The molecule has 66 heavy (non-hydrogen) atoms. The number of halogens is 2. The summed E-state index contributed by atoms with van der Waals surface area (Å²) >= 11 is 7.76. The van der Waals surface area contributed by atoms with Crippen molar-refractivity contribution in [2.24, 2.45) is 0 Å². The molecule has 0 fully saturated rings. The molecule has 4 atom stereocenters. The van der Waals surface area contributed by atoms with Gasteiger partial charge in [0.05, 0.1) is 46.7 Å². The maximum Gasteiger partial charge on any atom is 0.339 e. The lowest BCUT2D eigenvalue weighted by Crippen LogP contribution is -2.19. The largest absolute Gasteiger partial charge is 0.459 e. The van der Waals surface area contributed by atoms with Gasteiger partial charge < -0.3 is 18.9 Å². The highest BCUT2D eigenvalue weighted by Gasteiger charge is 2.31. The lowest BCUT2D eigenvalue weighted by atomic mass is 9.84. The van der Waals surface area contributed by atoms with E-state index >= 15 is 0 Å². The average molecular weight is 1040 g/mol. The normalized spacial score (nSPS) is 13.6. The van der Waals surface area contributed by atoms with Crippen LogP contribution in [0.5, 0.6) is 0 Å². The van der Waals surface area contributed by atoms with Crippen LogP contribution in [0, 0.1) is 0 Å².